The van der Waals surface area contributed by atoms with Gasteiger partial charge in [0.15, 0.2) is 11.5 Å². The van der Waals surface area contributed by atoms with Crippen LogP contribution in [0.3, 0.4) is 0 Å². The number of nitrogens with two attached hydrogens (primary N) is 1. The van der Waals surface area contributed by atoms with E-state index in [0.29, 0.717) is 24.5 Å². The highest BCUT2D eigenvalue weighted by Crippen LogP contribution is 2.31. The first kappa shape index (κ1) is 18.2. The van der Waals surface area contributed by atoms with E-state index in [4.69, 9.17) is 14.6 Å². The van der Waals surface area contributed by atoms with Crippen LogP contribution in [0, 0.1) is 5.82 Å². The molecule has 1 heterocycles. The summed E-state index contributed by atoms with van der Waals surface area (Å²) < 4.78 is 47.8. The van der Waals surface area contributed by atoms with Gasteiger partial charge in [-0.05, 0) is 30.3 Å². The summed E-state index contributed by atoms with van der Waals surface area (Å²) in [4.78, 5) is 11.8. The molecule has 0 aliphatic carbocycles. The fraction of sp³-hybridized carbons (Fsp3) is 0.235. The third-order valence-electron chi connectivity index (χ3n) is 3.83. The summed E-state index contributed by atoms with van der Waals surface area (Å²) in [6, 6.07) is 10.1. The lowest BCUT2D eigenvalue weighted by Crippen LogP contribution is -2.34. The van der Waals surface area contributed by atoms with Crippen molar-refractivity contribution >= 4 is 15.9 Å². The molecule has 0 spiro atoms. The molecule has 1 atom stereocenters. The van der Waals surface area contributed by atoms with Crippen molar-refractivity contribution in [2.45, 2.75) is 17.4 Å². The van der Waals surface area contributed by atoms with Gasteiger partial charge in [0.1, 0.15) is 18.5 Å². The highest BCUT2D eigenvalue weighted by atomic mass is 32.2. The number of ether oxygens (including phenoxy) is 2. The number of carbonyl (C=O) groups excluding carboxylic acids is 1. The molecule has 3 N–H and O–H groups in total. The van der Waals surface area contributed by atoms with E-state index in [1.807, 2.05) is 12.1 Å². The zero-order valence-electron chi connectivity index (χ0n) is 13.6. The van der Waals surface area contributed by atoms with Crippen LogP contribution in [0.5, 0.6) is 11.5 Å². The van der Waals surface area contributed by atoms with E-state index in [9.17, 15) is 17.6 Å². The molecular weight excluding hydrogens is 363 g/mol. The number of para-hydroxylation sites is 2. The maximum atomic E-state index is 13.8. The van der Waals surface area contributed by atoms with E-state index < -0.39 is 21.7 Å². The predicted molar refractivity (Wildman–Crippen MR) is 91.1 cm³/mol. The van der Waals surface area contributed by atoms with Gasteiger partial charge in [-0.3, -0.25) is 4.79 Å². The molecule has 1 amide bonds. The van der Waals surface area contributed by atoms with Crippen molar-refractivity contribution in [1.82, 2.24) is 5.32 Å². The Hall–Kier alpha value is -2.65. The number of hydrogen-bond donors (Lipinski definition) is 2. The number of rotatable bonds is 5. The Balaban J connectivity index is 1.58. The van der Waals surface area contributed by atoms with Crippen LogP contribution in [0.2, 0.25) is 0 Å². The molecule has 0 fully saturated rings. The zero-order valence-corrected chi connectivity index (χ0v) is 14.5. The molecule has 0 radical (unpaired) electrons. The highest BCUT2D eigenvalue weighted by molar-refractivity contribution is 7.89. The summed E-state index contributed by atoms with van der Waals surface area (Å²) >= 11 is 0. The molecule has 138 valence electrons. The van der Waals surface area contributed by atoms with Gasteiger partial charge in [-0.15, -0.1) is 0 Å². The Kier molecular flexibility index (Phi) is 5.10. The van der Waals surface area contributed by atoms with Crippen molar-refractivity contribution < 1.29 is 27.1 Å². The monoisotopic (exact) mass is 380 g/mol. The molecule has 1 aliphatic rings. The van der Waals surface area contributed by atoms with Crippen LogP contribution in [0.15, 0.2) is 47.4 Å². The SMILES string of the molecule is NS(=O)(=O)c1ccc(F)c(C(=O)NCC[C@@H]2COc3ccccc3O2)c1. The second-order valence-corrected chi connectivity index (χ2v) is 7.29. The maximum Gasteiger partial charge on any atom is 0.254 e. The summed E-state index contributed by atoms with van der Waals surface area (Å²) in [5.74, 6) is -0.275. The standard InChI is InChI=1S/C17H17FN2O5S/c18-14-6-5-12(26(19,22)23)9-13(14)17(21)20-8-7-11-10-24-15-3-1-2-4-16(15)25-11/h1-6,9,11H,7-8,10H2,(H,20,21)(H2,19,22,23)/t11-/m1/s1. The Morgan fingerprint density at radius 3 is 2.69 bits per heavy atom. The Morgan fingerprint density at radius 1 is 1.23 bits per heavy atom. The molecule has 2 aromatic rings. The van der Waals surface area contributed by atoms with Gasteiger partial charge in [-0.2, -0.15) is 0 Å². The minimum Gasteiger partial charge on any atom is -0.486 e. The fourth-order valence-corrected chi connectivity index (χ4v) is 3.04. The normalized spacial score (nSPS) is 16.2. The molecule has 0 unspecified atom stereocenters. The molecule has 9 heteroatoms. The molecular formula is C17H17FN2O5S. The zero-order chi connectivity index (χ0) is 18.7. The molecule has 2 aromatic carbocycles. The van der Waals surface area contributed by atoms with Crippen LogP contribution >= 0.6 is 0 Å². The van der Waals surface area contributed by atoms with E-state index in [2.05, 4.69) is 5.32 Å². The predicted octanol–water partition coefficient (Wildman–Crippen LogP) is 1.43. The molecule has 0 saturated carbocycles. The summed E-state index contributed by atoms with van der Waals surface area (Å²) in [5.41, 5.74) is -0.386. The second-order valence-electron chi connectivity index (χ2n) is 5.73. The lowest BCUT2D eigenvalue weighted by molar-refractivity contribution is 0.0811. The minimum atomic E-state index is -4.02. The molecule has 0 saturated heterocycles. The molecule has 1 aliphatic heterocycles. The summed E-state index contributed by atoms with van der Waals surface area (Å²) in [6.07, 6.45) is 0.183. The van der Waals surface area contributed by atoms with E-state index in [-0.39, 0.29) is 23.1 Å². The Labute approximate surface area is 150 Å². The Morgan fingerprint density at radius 2 is 1.96 bits per heavy atom. The number of amides is 1. The van der Waals surface area contributed by atoms with Crippen LogP contribution in [0.1, 0.15) is 16.8 Å². The van der Waals surface area contributed by atoms with Gasteiger partial charge in [0, 0.05) is 13.0 Å². The van der Waals surface area contributed by atoms with Crippen molar-refractivity contribution in [3.63, 3.8) is 0 Å². The molecule has 0 aromatic heterocycles. The van der Waals surface area contributed by atoms with Gasteiger partial charge in [-0.25, -0.2) is 17.9 Å². The first-order chi connectivity index (χ1) is 12.3. The third kappa shape index (κ3) is 4.12. The van der Waals surface area contributed by atoms with E-state index in [1.54, 1.807) is 12.1 Å². The van der Waals surface area contributed by atoms with E-state index in [1.165, 1.54) is 0 Å². The van der Waals surface area contributed by atoms with Gasteiger partial charge in [0.25, 0.3) is 5.91 Å². The average Bonchev–Trinajstić information content (AvgIpc) is 2.61. The van der Waals surface area contributed by atoms with Crippen LogP contribution in [0.25, 0.3) is 0 Å². The maximum absolute atomic E-state index is 13.8. The molecule has 7 nitrogen and oxygen atoms in total. The molecule has 3 rings (SSSR count). The number of fused-ring (bicyclic) bond motifs is 1. The summed E-state index contributed by atoms with van der Waals surface area (Å²) in [5, 5.41) is 7.54. The number of sulfonamides is 1. The molecule has 26 heavy (non-hydrogen) atoms. The van der Waals surface area contributed by atoms with Crippen molar-refractivity contribution in [2.75, 3.05) is 13.2 Å². The first-order valence-corrected chi connectivity index (χ1v) is 9.38. The van der Waals surface area contributed by atoms with Crippen molar-refractivity contribution in [1.29, 1.82) is 0 Å². The van der Waals surface area contributed by atoms with Gasteiger partial charge in [0.2, 0.25) is 10.0 Å². The average molecular weight is 380 g/mol. The third-order valence-corrected chi connectivity index (χ3v) is 4.74. The van der Waals surface area contributed by atoms with Crippen molar-refractivity contribution in [3.8, 4) is 11.5 Å². The number of primary sulfonamides is 1. The van der Waals surface area contributed by atoms with E-state index >= 15 is 0 Å². The fourth-order valence-electron chi connectivity index (χ4n) is 2.50. The van der Waals surface area contributed by atoms with Crippen molar-refractivity contribution in [2.24, 2.45) is 5.14 Å². The van der Waals surface area contributed by atoms with Gasteiger partial charge < -0.3 is 14.8 Å². The Bertz CT molecular complexity index is 933. The van der Waals surface area contributed by atoms with Gasteiger partial charge >= 0.3 is 0 Å². The smallest absolute Gasteiger partial charge is 0.254 e. The van der Waals surface area contributed by atoms with Crippen LogP contribution < -0.4 is 19.9 Å². The van der Waals surface area contributed by atoms with Crippen LogP contribution in [-0.2, 0) is 10.0 Å². The number of hydrogen-bond acceptors (Lipinski definition) is 5. The number of halogens is 1. The first-order valence-electron chi connectivity index (χ1n) is 7.83. The summed E-state index contributed by atoms with van der Waals surface area (Å²) in [7, 11) is -4.02. The number of nitrogens with one attached hydrogen (secondary N) is 1. The largest absolute Gasteiger partial charge is 0.486 e. The van der Waals surface area contributed by atoms with Gasteiger partial charge in [-0.1, -0.05) is 12.1 Å². The topological polar surface area (TPSA) is 108 Å². The minimum absolute atomic E-state index is 0.202. The number of benzene rings is 2. The van der Waals surface area contributed by atoms with E-state index in [0.717, 1.165) is 18.2 Å². The van der Waals surface area contributed by atoms with Gasteiger partial charge in [0.05, 0.1) is 10.5 Å². The second kappa shape index (κ2) is 7.30. The van der Waals surface area contributed by atoms with Crippen molar-refractivity contribution in [3.05, 3.63) is 53.8 Å². The lowest BCUT2D eigenvalue weighted by atomic mass is 10.2. The highest BCUT2D eigenvalue weighted by Gasteiger charge is 2.21. The van der Waals surface area contributed by atoms with Crippen LogP contribution in [0.4, 0.5) is 4.39 Å². The summed E-state index contributed by atoms with van der Waals surface area (Å²) in [6.45, 7) is 0.538. The number of carbonyl (C=O) groups is 1. The van der Waals surface area contributed by atoms with Crippen LogP contribution in [-0.4, -0.2) is 33.6 Å². The quantitative estimate of drug-likeness (QED) is 0.816. The molecule has 0 bridgehead atoms. The lowest BCUT2D eigenvalue weighted by Gasteiger charge is -2.26.